The maximum absolute atomic E-state index is 12.3. The van der Waals surface area contributed by atoms with Crippen molar-refractivity contribution < 1.29 is 8.42 Å². The van der Waals surface area contributed by atoms with E-state index >= 15 is 0 Å². The molecular weight excluding hydrogens is 352 g/mol. The van der Waals surface area contributed by atoms with Crippen LogP contribution in [0.1, 0.15) is 18.9 Å². The molecule has 0 unspecified atom stereocenters. The number of anilines is 2. The zero-order valence-corrected chi connectivity index (χ0v) is 14.0. The highest BCUT2D eigenvalue weighted by Crippen LogP contribution is 2.25. The van der Waals surface area contributed by atoms with Gasteiger partial charge in [-0.3, -0.25) is 4.72 Å². The standard InChI is InChI=1S/C15H17BrN2O2S/c1-2-3-11-4-7-13(8-5-11)21(19,20)18-12-6-9-15(17)14(16)10-12/h4-10,18H,2-3,17H2,1H3. The summed E-state index contributed by atoms with van der Waals surface area (Å²) in [5.41, 5.74) is 7.84. The normalized spacial score (nSPS) is 11.3. The third-order valence-electron chi connectivity index (χ3n) is 3.02. The maximum atomic E-state index is 12.3. The van der Waals surface area contributed by atoms with E-state index in [0.29, 0.717) is 15.8 Å². The molecular formula is C15H17BrN2O2S. The fraction of sp³-hybridized carbons (Fsp3) is 0.200. The van der Waals surface area contributed by atoms with Crippen LogP contribution in [0.3, 0.4) is 0 Å². The molecule has 0 aliphatic heterocycles. The number of nitrogens with two attached hydrogens (primary N) is 1. The van der Waals surface area contributed by atoms with Gasteiger partial charge < -0.3 is 5.73 Å². The molecule has 0 atom stereocenters. The monoisotopic (exact) mass is 368 g/mol. The van der Waals surface area contributed by atoms with Gasteiger partial charge in [-0.25, -0.2) is 8.42 Å². The Morgan fingerprint density at radius 2 is 1.81 bits per heavy atom. The predicted octanol–water partition coefficient (Wildman–Crippen LogP) is 3.78. The van der Waals surface area contributed by atoms with Crippen molar-refractivity contribution in [2.45, 2.75) is 24.7 Å². The van der Waals surface area contributed by atoms with Crippen LogP contribution in [0.5, 0.6) is 0 Å². The summed E-state index contributed by atoms with van der Waals surface area (Å²) in [6, 6.07) is 11.8. The number of benzene rings is 2. The van der Waals surface area contributed by atoms with E-state index in [1.807, 2.05) is 12.1 Å². The lowest BCUT2D eigenvalue weighted by Crippen LogP contribution is -2.13. The van der Waals surface area contributed by atoms with Gasteiger partial charge >= 0.3 is 0 Å². The molecule has 3 N–H and O–H groups in total. The Hall–Kier alpha value is -1.53. The number of aryl methyl sites for hydroxylation is 1. The van der Waals surface area contributed by atoms with Crippen LogP contribution in [0.15, 0.2) is 51.8 Å². The van der Waals surface area contributed by atoms with Gasteiger partial charge in [-0.1, -0.05) is 25.5 Å². The van der Waals surface area contributed by atoms with Gasteiger partial charge in [0.25, 0.3) is 10.0 Å². The molecule has 2 rings (SSSR count). The van der Waals surface area contributed by atoms with Crippen molar-refractivity contribution in [3.63, 3.8) is 0 Å². The lowest BCUT2D eigenvalue weighted by Gasteiger charge is -2.10. The number of rotatable bonds is 5. The summed E-state index contributed by atoms with van der Waals surface area (Å²) in [4.78, 5) is 0.246. The molecule has 21 heavy (non-hydrogen) atoms. The number of nitrogen functional groups attached to an aromatic ring is 1. The van der Waals surface area contributed by atoms with Gasteiger partial charge in [0, 0.05) is 10.2 Å². The molecule has 112 valence electrons. The molecule has 0 aliphatic carbocycles. The Labute approximate surface area is 133 Å². The first kappa shape index (κ1) is 15.9. The molecule has 0 saturated carbocycles. The first-order valence-electron chi connectivity index (χ1n) is 6.59. The van der Waals surface area contributed by atoms with Crippen molar-refractivity contribution in [2.75, 3.05) is 10.5 Å². The number of hydrogen-bond acceptors (Lipinski definition) is 3. The Balaban J connectivity index is 2.23. The van der Waals surface area contributed by atoms with Crippen LogP contribution in [0, 0.1) is 0 Å². The number of sulfonamides is 1. The average molecular weight is 369 g/mol. The van der Waals surface area contributed by atoms with E-state index in [9.17, 15) is 8.42 Å². The summed E-state index contributed by atoms with van der Waals surface area (Å²) in [5, 5.41) is 0. The molecule has 0 bridgehead atoms. The lowest BCUT2D eigenvalue weighted by molar-refractivity contribution is 0.601. The molecule has 0 spiro atoms. The highest BCUT2D eigenvalue weighted by Gasteiger charge is 2.14. The van der Waals surface area contributed by atoms with Crippen LogP contribution >= 0.6 is 15.9 Å². The topological polar surface area (TPSA) is 72.2 Å². The van der Waals surface area contributed by atoms with Crippen LogP contribution in [0.25, 0.3) is 0 Å². The molecule has 0 amide bonds. The number of hydrogen-bond donors (Lipinski definition) is 2. The van der Waals surface area contributed by atoms with E-state index in [0.717, 1.165) is 18.4 Å². The Kier molecular flexibility index (Phi) is 4.90. The predicted molar refractivity (Wildman–Crippen MR) is 89.8 cm³/mol. The van der Waals surface area contributed by atoms with E-state index < -0.39 is 10.0 Å². The minimum Gasteiger partial charge on any atom is -0.398 e. The van der Waals surface area contributed by atoms with E-state index in [1.165, 1.54) is 0 Å². The van der Waals surface area contributed by atoms with Crippen LogP contribution in [-0.4, -0.2) is 8.42 Å². The van der Waals surface area contributed by atoms with Gasteiger partial charge in [-0.05, 0) is 58.2 Å². The number of nitrogens with one attached hydrogen (secondary N) is 1. The zero-order valence-electron chi connectivity index (χ0n) is 11.6. The average Bonchev–Trinajstić information content (AvgIpc) is 2.44. The molecule has 0 saturated heterocycles. The Morgan fingerprint density at radius 1 is 1.14 bits per heavy atom. The van der Waals surface area contributed by atoms with E-state index in [1.54, 1.807) is 30.3 Å². The molecule has 0 aliphatic rings. The largest absolute Gasteiger partial charge is 0.398 e. The van der Waals surface area contributed by atoms with Crippen LogP contribution in [-0.2, 0) is 16.4 Å². The molecule has 2 aromatic rings. The second kappa shape index (κ2) is 6.49. The first-order chi connectivity index (χ1) is 9.92. The van der Waals surface area contributed by atoms with Crippen LogP contribution in [0.2, 0.25) is 0 Å². The van der Waals surface area contributed by atoms with E-state index in [2.05, 4.69) is 27.6 Å². The Morgan fingerprint density at radius 3 is 2.38 bits per heavy atom. The van der Waals surface area contributed by atoms with Crippen LogP contribution in [0.4, 0.5) is 11.4 Å². The molecule has 0 radical (unpaired) electrons. The van der Waals surface area contributed by atoms with Gasteiger partial charge in [0.15, 0.2) is 0 Å². The molecule has 0 heterocycles. The highest BCUT2D eigenvalue weighted by atomic mass is 79.9. The smallest absolute Gasteiger partial charge is 0.261 e. The molecule has 2 aromatic carbocycles. The van der Waals surface area contributed by atoms with Crippen molar-refractivity contribution >= 4 is 37.3 Å². The first-order valence-corrected chi connectivity index (χ1v) is 8.87. The summed E-state index contributed by atoms with van der Waals surface area (Å²) >= 11 is 3.28. The van der Waals surface area contributed by atoms with Gasteiger partial charge in [0.05, 0.1) is 10.6 Å². The van der Waals surface area contributed by atoms with Gasteiger partial charge in [-0.2, -0.15) is 0 Å². The number of halogens is 1. The third kappa shape index (κ3) is 3.98. The highest BCUT2D eigenvalue weighted by molar-refractivity contribution is 9.10. The molecule has 6 heteroatoms. The lowest BCUT2D eigenvalue weighted by atomic mass is 10.1. The van der Waals surface area contributed by atoms with Crippen molar-refractivity contribution in [1.82, 2.24) is 0 Å². The molecule has 0 fully saturated rings. The van der Waals surface area contributed by atoms with Crippen LogP contribution < -0.4 is 10.5 Å². The van der Waals surface area contributed by atoms with Crippen molar-refractivity contribution in [1.29, 1.82) is 0 Å². The van der Waals surface area contributed by atoms with Gasteiger partial charge in [-0.15, -0.1) is 0 Å². The fourth-order valence-electron chi connectivity index (χ4n) is 1.93. The minimum atomic E-state index is -3.59. The summed E-state index contributed by atoms with van der Waals surface area (Å²) in [5.74, 6) is 0. The second-order valence-corrected chi connectivity index (χ2v) is 7.27. The molecule has 0 aromatic heterocycles. The van der Waals surface area contributed by atoms with Crippen molar-refractivity contribution in [3.8, 4) is 0 Å². The van der Waals surface area contributed by atoms with E-state index in [4.69, 9.17) is 5.73 Å². The SMILES string of the molecule is CCCc1ccc(S(=O)(=O)Nc2ccc(N)c(Br)c2)cc1. The summed E-state index contributed by atoms with van der Waals surface area (Å²) in [6.45, 7) is 2.09. The molecule has 4 nitrogen and oxygen atoms in total. The zero-order chi connectivity index (χ0) is 15.5. The summed E-state index contributed by atoms with van der Waals surface area (Å²) in [6.07, 6.45) is 1.97. The van der Waals surface area contributed by atoms with E-state index in [-0.39, 0.29) is 4.90 Å². The summed E-state index contributed by atoms with van der Waals surface area (Å²) in [7, 11) is -3.59. The minimum absolute atomic E-state index is 0.246. The van der Waals surface area contributed by atoms with Crippen molar-refractivity contribution in [2.24, 2.45) is 0 Å². The maximum Gasteiger partial charge on any atom is 0.261 e. The summed E-state index contributed by atoms with van der Waals surface area (Å²) < 4.78 is 27.8. The van der Waals surface area contributed by atoms with Gasteiger partial charge in [0.2, 0.25) is 0 Å². The third-order valence-corrected chi connectivity index (χ3v) is 5.11. The quantitative estimate of drug-likeness (QED) is 0.788. The fourth-order valence-corrected chi connectivity index (χ4v) is 3.36. The second-order valence-electron chi connectivity index (χ2n) is 4.74. The Bertz CT molecular complexity index is 728. The van der Waals surface area contributed by atoms with Crippen molar-refractivity contribution in [3.05, 3.63) is 52.5 Å². The van der Waals surface area contributed by atoms with Gasteiger partial charge in [0.1, 0.15) is 0 Å².